The molecule has 118 valence electrons. The van der Waals surface area contributed by atoms with Crippen LogP contribution in [0.5, 0.6) is 5.75 Å². The molecule has 1 aromatic rings. The second-order valence-corrected chi connectivity index (χ2v) is 4.97. The maximum Gasteiger partial charge on any atom is 0.331 e. The second-order valence-electron chi connectivity index (χ2n) is 4.11. The van der Waals surface area contributed by atoms with Gasteiger partial charge in [-0.05, 0) is 28.1 Å². The molecular formula is C14H14BrNO6. The number of benzene rings is 1. The maximum atomic E-state index is 11.9. The van der Waals surface area contributed by atoms with Crippen LogP contribution in [0.2, 0.25) is 0 Å². The highest BCUT2D eigenvalue weighted by Gasteiger charge is 2.13. The van der Waals surface area contributed by atoms with Gasteiger partial charge in [0.15, 0.2) is 0 Å². The van der Waals surface area contributed by atoms with Crippen LogP contribution in [0.1, 0.15) is 13.3 Å². The number of nitrogens with one attached hydrogen (secondary N) is 1. The highest BCUT2D eigenvalue weighted by molar-refractivity contribution is 9.10. The first-order chi connectivity index (χ1) is 10.3. The number of carboxylic acid groups (broad SMARTS) is 1. The number of esters is 1. The number of methoxy groups -OCH3 is 1. The Hall–Kier alpha value is -2.35. The summed E-state index contributed by atoms with van der Waals surface area (Å²) in [6, 6.07) is 4.98. The van der Waals surface area contributed by atoms with Crippen LogP contribution in [0.25, 0.3) is 0 Å². The van der Waals surface area contributed by atoms with Crippen molar-refractivity contribution in [2.24, 2.45) is 0 Å². The van der Waals surface area contributed by atoms with E-state index in [-0.39, 0.29) is 5.76 Å². The number of halogens is 1. The molecule has 1 rings (SSSR count). The lowest BCUT2D eigenvalue weighted by Crippen LogP contribution is -2.15. The van der Waals surface area contributed by atoms with Crippen molar-refractivity contribution in [1.29, 1.82) is 0 Å². The molecule has 0 aliphatic heterocycles. The van der Waals surface area contributed by atoms with Crippen molar-refractivity contribution < 1.29 is 29.0 Å². The molecule has 1 aromatic carbocycles. The Kier molecular flexibility index (Phi) is 6.58. The van der Waals surface area contributed by atoms with Crippen LogP contribution in [0, 0.1) is 0 Å². The fourth-order valence-electron chi connectivity index (χ4n) is 1.52. The molecule has 0 saturated carbocycles. The van der Waals surface area contributed by atoms with Crippen molar-refractivity contribution in [3.05, 3.63) is 34.5 Å². The molecule has 22 heavy (non-hydrogen) atoms. The Balaban J connectivity index is 2.83. The number of rotatable bonds is 6. The second kappa shape index (κ2) is 8.18. The van der Waals surface area contributed by atoms with Gasteiger partial charge in [0.1, 0.15) is 11.5 Å². The highest BCUT2D eigenvalue weighted by Crippen LogP contribution is 2.27. The maximum absolute atomic E-state index is 11.9. The Labute approximate surface area is 135 Å². The van der Waals surface area contributed by atoms with Gasteiger partial charge in [-0.15, -0.1) is 0 Å². The molecule has 0 bridgehead atoms. The third-order valence-corrected chi connectivity index (χ3v) is 3.03. The van der Waals surface area contributed by atoms with Crippen LogP contribution in [0.15, 0.2) is 34.5 Å². The van der Waals surface area contributed by atoms with E-state index in [1.54, 1.807) is 18.2 Å². The average Bonchev–Trinajstić information content (AvgIpc) is 2.39. The predicted molar refractivity (Wildman–Crippen MR) is 81.4 cm³/mol. The van der Waals surface area contributed by atoms with Gasteiger partial charge in [0.25, 0.3) is 0 Å². The summed E-state index contributed by atoms with van der Waals surface area (Å²) in [5.41, 5.74) is 0.446. The fourth-order valence-corrected chi connectivity index (χ4v) is 1.86. The molecular weight excluding hydrogens is 358 g/mol. The van der Waals surface area contributed by atoms with Crippen LogP contribution in [-0.2, 0) is 19.1 Å². The minimum Gasteiger partial charge on any atom is -0.497 e. The van der Waals surface area contributed by atoms with E-state index >= 15 is 0 Å². The summed E-state index contributed by atoms with van der Waals surface area (Å²) >= 11 is 3.27. The average molecular weight is 372 g/mol. The number of amides is 1. The first kappa shape index (κ1) is 17.7. The van der Waals surface area contributed by atoms with Gasteiger partial charge >= 0.3 is 11.9 Å². The normalized spacial score (nSPS) is 10.8. The number of carbonyl (C=O) groups excluding carboxylic acids is 2. The van der Waals surface area contributed by atoms with Crippen molar-refractivity contribution >= 4 is 39.5 Å². The third-order valence-electron chi connectivity index (χ3n) is 2.34. The molecule has 0 heterocycles. The lowest BCUT2D eigenvalue weighted by Gasteiger charge is -2.10. The van der Waals surface area contributed by atoms with Gasteiger partial charge in [-0.3, -0.25) is 9.59 Å². The number of anilines is 1. The van der Waals surface area contributed by atoms with Crippen LogP contribution < -0.4 is 10.1 Å². The van der Waals surface area contributed by atoms with Crippen LogP contribution in [0.4, 0.5) is 5.69 Å². The monoisotopic (exact) mass is 371 g/mol. The van der Waals surface area contributed by atoms with E-state index in [0.29, 0.717) is 22.0 Å². The summed E-state index contributed by atoms with van der Waals surface area (Å²) in [7, 11) is 1.49. The van der Waals surface area contributed by atoms with Crippen LogP contribution >= 0.6 is 15.9 Å². The van der Waals surface area contributed by atoms with E-state index in [1.165, 1.54) is 7.11 Å². The molecule has 0 fully saturated rings. The SMILES string of the molecule is COc1ccc(Br)c(NC(=O)C/C(=C\C(=O)O)OC(C)=O)c1. The summed E-state index contributed by atoms with van der Waals surface area (Å²) in [5, 5.41) is 11.3. The molecule has 8 heteroatoms. The lowest BCUT2D eigenvalue weighted by atomic mass is 10.2. The number of ether oxygens (including phenoxy) is 2. The van der Waals surface area contributed by atoms with Crippen LogP contribution in [0.3, 0.4) is 0 Å². The van der Waals surface area contributed by atoms with E-state index in [0.717, 1.165) is 6.92 Å². The highest BCUT2D eigenvalue weighted by atomic mass is 79.9. The summed E-state index contributed by atoms with van der Waals surface area (Å²) in [6.07, 6.45) is 0.275. The van der Waals surface area contributed by atoms with Gasteiger partial charge in [-0.1, -0.05) is 0 Å². The Bertz CT molecular complexity index is 626. The molecule has 0 unspecified atom stereocenters. The summed E-state index contributed by atoms with van der Waals surface area (Å²) in [4.78, 5) is 33.5. The Morgan fingerprint density at radius 3 is 2.59 bits per heavy atom. The van der Waals surface area contributed by atoms with Gasteiger partial charge in [-0.2, -0.15) is 0 Å². The van der Waals surface area contributed by atoms with E-state index in [9.17, 15) is 14.4 Å². The van der Waals surface area contributed by atoms with Gasteiger partial charge in [-0.25, -0.2) is 4.79 Å². The number of hydrogen-bond donors (Lipinski definition) is 2. The first-order valence-electron chi connectivity index (χ1n) is 6.07. The largest absolute Gasteiger partial charge is 0.497 e. The van der Waals surface area contributed by atoms with Gasteiger partial charge in [0.2, 0.25) is 5.91 Å². The van der Waals surface area contributed by atoms with Crippen LogP contribution in [-0.4, -0.2) is 30.1 Å². The molecule has 1 amide bonds. The minimum absolute atomic E-state index is 0.253. The third kappa shape index (κ3) is 5.96. The van der Waals surface area contributed by atoms with Crippen molar-refractivity contribution in [3.63, 3.8) is 0 Å². The molecule has 0 aliphatic carbocycles. The molecule has 0 spiro atoms. The molecule has 0 aliphatic rings. The van der Waals surface area contributed by atoms with Crippen molar-refractivity contribution in [1.82, 2.24) is 0 Å². The quantitative estimate of drug-likeness (QED) is 0.452. The van der Waals surface area contributed by atoms with Crippen molar-refractivity contribution in [2.45, 2.75) is 13.3 Å². The van der Waals surface area contributed by atoms with Gasteiger partial charge in [0, 0.05) is 17.5 Å². The summed E-state index contributed by atoms with van der Waals surface area (Å²) < 4.78 is 10.4. The van der Waals surface area contributed by atoms with E-state index in [2.05, 4.69) is 26.0 Å². The van der Waals surface area contributed by atoms with Gasteiger partial charge in [0.05, 0.1) is 25.3 Å². The van der Waals surface area contributed by atoms with Crippen molar-refractivity contribution in [2.75, 3.05) is 12.4 Å². The molecule has 7 nitrogen and oxygen atoms in total. The zero-order valence-corrected chi connectivity index (χ0v) is 13.5. The smallest absolute Gasteiger partial charge is 0.331 e. The molecule has 0 radical (unpaired) electrons. The topological polar surface area (TPSA) is 102 Å². The number of hydrogen-bond acceptors (Lipinski definition) is 5. The molecule has 0 atom stereocenters. The van der Waals surface area contributed by atoms with Crippen molar-refractivity contribution in [3.8, 4) is 5.75 Å². The summed E-state index contributed by atoms with van der Waals surface area (Å²) in [5.74, 6) is -2.27. The molecule has 0 saturated heterocycles. The van der Waals surface area contributed by atoms with Gasteiger partial charge < -0.3 is 19.9 Å². The molecule has 2 N–H and O–H groups in total. The minimum atomic E-state index is -1.31. The molecule has 0 aromatic heterocycles. The first-order valence-corrected chi connectivity index (χ1v) is 6.86. The van der Waals surface area contributed by atoms with E-state index in [1.807, 2.05) is 0 Å². The number of aliphatic carboxylic acids is 1. The summed E-state index contributed by atoms with van der Waals surface area (Å²) in [6.45, 7) is 1.12. The zero-order valence-electron chi connectivity index (χ0n) is 11.9. The fraction of sp³-hybridized carbons (Fsp3) is 0.214. The van der Waals surface area contributed by atoms with E-state index in [4.69, 9.17) is 9.84 Å². The number of carboxylic acids is 1. The number of carbonyl (C=O) groups is 3. The Morgan fingerprint density at radius 2 is 2.05 bits per heavy atom. The zero-order chi connectivity index (χ0) is 16.7. The Morgan fingerprint density at radius 1 is 1.36 bits per heavy atom. The van der Waals surface area contributed by atoms with E-state index < -0.39 is 24.3 Å². The predicted octanol–water partition coefficient (Wildman–Crippen LogP) is 2.32. The lowest BCUT2D eigenvalue weighted by molar-refractivity contribution is -0.137. The standard InChI is InChI=1S/C14H14BrNO6/c1-8(17)22-10(7-14(19)20)6-13(18)16-12-5-9(21-2)3-4-11(12)15/h3-5,7H,6H2,1-2H3,(H,16,18)(H,19,20)/b10-7+.